The molecule has 2 amide bonds. The highest BCUT2D eigenvalue weighted by Crippen LogP contribution is 2.46. The molecule has 0 bridgehead atoms. The van der Waals surface area contributed by atoms with Crippen LogP contribution in [0.4, 0.5) is 22.8 Å². The number of halogens is 3. The predicted octanol–water partition coefficient (Wildman–Crippen LogP) is 6.97. The summed E-state index contributed by atoms with van der Waals surface area (Å²) in [7, 11) is 2.23. The number of nitrogens with zero attached hydrogens (tertiary/aromatic N) is 2. The first kappa shape index (κ1) is 39.0. The number of esters is 1. The van der Waals surface area contributed by atoms with Gasteiger partial charge < -0.3 is 19.3 Å². The SMILES string of the molecule is CO.COC(=O)[C@@H]1C[C@H](F)CN1C(=O)OCC1c2ccccc2-c2ccccc21.O=C(F)[C@@H]1C[C@H](F)CN1C(=O)OCC1c2ccccc2-c2ccccc21. The summed E-state index contributed by atoms with van der Waals surface area (Å²) in [4.78, 5) is 49.6. The number of rotatable bonds is 6. The highest BCUT2D eigenvalue weighted by Gasteiger charge is 2.43. The quantitative estimate of drug-likeness (QED) is 0.127. The molecule has 4 aromatic rings. The molecule has 4 atom stereocenters. The van der Waals surface area contributed by atoms with Crippen LogP contribution >= 0.6 is 0 Å². The molecule has 4 aromatic carbocycles. The Bertz CT molecular complexity index is 1950. The first-order valence-electron chi connectivity index (χ1n) is 17.9. The summed E-state index contributed by atoms with van der Waals surface area (Å²) >= 11 is 0. The Balaban J connectivity index is 0.000000179. The van der Waals surface area contributed by atoms with Crippen molar-refractivity contribution >= 4 is 24.2 Å². The van der Waals surface area contributed by atoms with Crippen molar-refractivity contribution in [1.29, 1.82) is 0 Å². The Morgan fingerprint density at radius 2 is 0.927 bits per heavy atom. The zero-order valence-corrected chi connectivity index (χ0v) is 30.3. The van der Waals surface area contributed by atoms with E-state index in [1.807, 2.05) is 84.9 Å². The lowest BCUT2D eigenvalue weighted by atomic mass is 9.98. The minimum absolute atomic E-state index is 0.0491. The fourth-order valence-electron chi connectivity index (χ4n) is 7.90. The molecule has 2 fully saturated rings. The first-order chi connectivity index (χ1) is 26.7. The summed E-state index contributed by atoms with van der Waals surface area (Å²) in [5.74, 6) is -0.847. The molecule has 0 aromatic heterocycles. The summed E-state index contributed by atoms with van der Waals surface area (Å²) < 4.78 is 55.9. The number of hydrogen-bond acceptors (Lipinski definition) is 8. The van der Waals surface area contributed by atoms with Gasteiger partial charge in [-0.1, -0.05) is 97.1 Å². The van der Waals surface area contributed by atoms with E-state index in [1.165, 1.54) is 7.11 Å². The fourth-order valence-corrected chi connectivity index (χ4v) is 7.90. The molecule has 2 aliphatic carbocycles. The summed E-state index contributed by atoms with van der Waals surface area (Å²) in [6.07, 6.45) is -4.60. The number of amides is 2. The van der Waals surface area contributed by atoms with Crippen LogP contribution in [0.2, 0.25) is 0 Å². The molecule has 2 aliphatic heterocycles. The number of hydrogen-bond donors (Lipinski definition) is 1. The van der Waals surface area contributed by atoms with Crippen LogP contribution in [0, 0.1) is 0 Å². The lowest BCUT2D eigenvalue weighted by molar-refractivity contribution is -0.145. The van der Waals surface area contributed by atoms with Crippen LogP contribution in [-0.2, 0) is 23.8 Å². The van der Waals surface area contributed by atoms with E-state index >= 15 is 0 Å². The average molecular weight is 759 g/mol. The maximum Gasteiger partial charge on any atom is 0.410 e. The second kappa shape index (κ2) is 17.2. The van der Waals surface area contributed by atoms with Crippen LogP contribution in [0.25, 0.3) is 22.3 Å². The molecule has 10 nitrogen and oxygen atoms in total. The van der Waals surface area contributed by atoms with Gasteiger partial charge >= 0.3 is 24.2 Å². The van der Waals surface area contributed by atoms with Crippen LogP contribution in [0.5, 0.6) is 0 Å². The zero-order valence-electron chi connectivity index (χ0n) is 30.3. The zero-order chi connectivity index (χ0) is 39.2. The van der Waals surface area contributed by atoms with E-state index in [0.717, 1.165) is 61.4 Å². The van der Waals surface area contributed by atoms with Gasteiger partial charge in [0.15, 0.2) is 0 Å². The van der Waals surface area contributed by atoms with E-state index in [4.69, 9.17) is 14.6 Å². The number of aliphatic hydroxyl groups excluding tert-OH is 1. The third kappa shape index (κ3) is 7.93. The van der Waals surface area contributed by atoms with Crippen molar-refractivity contribution in [1.82, 2.24) is 9.80 Å². The maximum absolute atomic E-state index is 13.8. The molecular formula is C42H41F3N2O8. The predicted molar refractivity (Wildman–Crippen MR) is 196 cm³/mol. The summed E-state index contributed by atoms with van der Waals surface area (Å²) in [6.45, 7) is -0.296. The molecule has 4 aliphatic rings. The van der Waals surface area contributed by atoms with Gasteiger partial charge in [-0.3, -0.25) is 14.6 Å². The van der Waals surface area contributed by atoms with E-state index in [0.29, 0.717) is 0 Å². The van der Waals surface area contributed by atoms with Crippen LogP contribution in [-0.4, -0.2) is 104 Å². The van der Waals surface area contributed by atoms with E-state index in [9.17, 15) is 32.3 Å². The van der Waals surface area contributed by atoms with Gasteiger partial charge in [0.25, 0.3) is 0 Å². The number of methoxy groups -OCH3 is 1. The average Bonchev–Trinajstić information content (AvgIpc) is 3.97. The van der Waals surface area contributed by atoms with Gasteiger partial charge in [0, 0.05) is 31.8 Å². The summed E-state index contributed by atoms with van der Waals surface area (Å²) in [5.41, 5.74) is 8.73. The van der Waals surface area contributed by atoms with Crippen molar-refractivity contribution in [2.45, 2.75) is 49.1 Å². The Kier molecular flexibility index (Phi) is 12.2. The Morgan fingerprint density at radius 1 is 0.600 bits per heavy atom. The second-order valence-corrected chi connectivity index (χ2v) is 13.4. The summed E-state index contributed by atoms with van der Waals surface area (Å²) in [6, 6.07) is 27.8. The molecule has 0 unspecified atom stereocenters. The standard InChI is InChI=1S/C21H20FNO4.C20H17F2NO3.CH4O/c1-26-20(24)19-10-13(22)11-23(19)21(25)27-12-18-16-8-4-2-6-14(16)15-7-3-5-9-17(15)18;21-12-9-18(19(22)24)23(10-12)20(25)26-11-17-15-7-3-1-5-13(15)14-6-2-4-8-16(14)17;1-2/h2-9,13,18-19H,10-12H2,1H3;1-8,12,17-18H,9-11H2;2H,1H3/t13-,19-;12-,18-;/m00./s1. The molecule has 2 saturated heterocycles. The molecule has 8 rings (SSSR count). The lowest BCUT2D eigenvalue weighted by Gasteiger charge is -2.23. The maximum atomic E-state index is 13.8. The molecule has 55 heavy (non-hydrogen) atoms. The number of fused-ring (bicyclic) bond motifs is 6. The van der Waals surface area contributed by atoms with Gasteiger partial charge in [-0.15, -0.1) is 0 Å². The fraction of sp³-hybridized carbons (Fsp3) is 0.333. The Morgan fingerprint density at radius 3 is 1.27 bits per heavy atom. The van der Waals surface area contributed by atoms with Crippen LogP contribution in [0.3, 0.4) is 0 Å². The third-order valence-corrected chi connectivity index (χ3v) is 10.4. The Hall–Kier alpha value is -5.69. The Labute approximate surface area is 316 Å². The van der Waals surface area contributed by atoms with Crippen molar-refractivity contribution in [3.63, 3.8) is 0 Å². The van der Waals surface area contributed by atoms with E-state index in [-0.39, 0.29) is 51.0 Å². The van der Waals surface area contributed by atoms with Crippen molar-refractivity contribution < 1.29 is 51.7 Å². The molecule has 13 heteroatoms. The number of ether oxygens (including phenoxy) is 3. The first-order valence-corrected chi connectivity index (χ1v) is 17.9. The van der Waals surface area contributed by atoms with Gasteiger partial charge in [0.1, 0.15) is 37.6 Å². The number of likely N-dealkylation sites (tertiary alicyclic amines) is 2. The molecule has 1 N–H and O–H groups in total. The highest BCUT2D eigenvalue weighted by atomic mass is 19.1. The van der Waals surface area contributed by atoms with Crippen LogP contribution in [0.15, 0.2) is 97.1 Å². The van der Waals surface area contributed by atoms with Crippen LogP contribution in [0.1, 0.15) is 46.9 Å². The molecule has 2 heterocycles. The second-order valence-electron chi connectivity index (χ2n) is 13.4. The lowest BCUT2D eigenvalue weighted by Crippen LogP contribution is -2.41. The number of aliphatic hydroxyl groups is 1. The monoisotopic (exact) mass is 758 g/mol. The van der Waals surface area contributed by atoms with Gasteiger partial charge in [-0.25, -0.2) is 23.2 Å². The highest BCUT2D eigenvalue weighted by molar-refractivity contribution is 5.84. The molecular weight excluding hydrogens is 717 g/mol. The van der Waals surface area contributed by atoms with Crippen molar-refractivity contribution in [3.05, 3.63) is 119 Å². The normalized spacial score (nSPS) is 20.5. The number of carbonyl (C=O) groups excluding carboxylic acids is 4. The van der Waals surface area contributed by atoms with Crippen LogP contribution < -0.4 is 0 Å². The number of carbonyl (C=O) groups is 4. The van der Waals surface area contributed by atoms with Gasteiger partial charge in [-0.05, 0) is 44.5 Å². The van der Waals surface area contributed by atoms with Crippen molar-refractivity contribution in [3.8, 4) is 22.3 Å². The third-order valence-electron chi connectivity index (χ3n) is 10.4. The molecule has 0 saturated carbocycles. The topological polar surface area (TPSA) is 123 Å². The van der Waals surface area contributed by atoms with Gasteiger partial charge in [0.2, 0.25) is 0 Å². The van der Waals surface area contributed by atoms with Crippen molar-refractivity contribution in [2.75, 3.05) is 40.5 Å². The van der Waals surface area contributed by atoms with Crippen molar-refractivity contribution in [2.24, 2.45) is 0 Å². The smallest absolute Gasteiger partial charge is 0.410 e. The number of alkyl halides is 2. The molecule has 288 valence electrons. The minimum atomic E-state index is -1.71. The number of benzene rings is 4. The van der Waals surface area contributed by atoms with Gasteiger partial charge in [0.05, 0.1) is 20.2 Å². The van der Waals surface area contributed by atoms with E-state index < -0.39 is 48.6 Å². The minimum Gasteiger partial charge on any atom is -0.467 e. The molecule has 0 radical (unpaired) electrons. The van der Waals surface area contributed by atoms with E-state index in [1.54, 1.807) is 0 Å². The van der Waals surface area contributed by atoms with E-state index in [2.05, 4.69) is 16.9 Å². The molecule has 0 spiro atoms. The summed E-state index contributed by atoms with van der Waals surface area (Å²) in [5, 5.41) is 7.00. The van der Waals surface area contributed by atoms with Gasteiger partial charge in [-0.2, -0.15) is 4.39 Å². The largest absolute Gasteiger partial charge is 0.467 e.